The molecule has 220 valence electrons. The number of ether oxygens (including phenoxy) is 2. The minimum absolute atomic E-state index is 0.0245. The number of hydrogen-bond acceptors (Lipinski definition) is 10. The summed E-state index contributed by atoms with van der Waals surface area (Å²) in [7, 11) is 2.57. The monoisotopic (exact) mass is 599 g/mol. The molecule has 0 radical (unpaired) electrons. The lowest BCUT2D eigenvalue weighted by Gasteiger charge is -2.33. The quantitative estimate of drug-likeness (QED) is 0.497. The third kappa shape index (κ3) is 6.23. The summed E-state index contributed by atoms with van der Waals surface area (Å²) in [5, 5.41) is 6.84. The van der Waals surface area contributed by atoms with Crippen molar-refractivity contribution in [2.24, 2.45) is 11.0 Å². The maximum atomic E-state index is 13.6. The fraction of sp³-hybridized carbons (Fsp3) is 0.407. The van der Waals surface area contributed by atoms with Gasteiger partial charge in [0.15, 0.2) is 10.5 Å². The number of nitrogens with one attached hydrogen (secondary N) is 2. The first-order chi connectivity index (χ1) is 20.3. The van der Waals surface area contributed by atoms with Gasteiger partial charge in [-0.05, 0) is 36.7 Å². The summed E-state index contributed by atoms with van der Waals surface area (Å²) in [6.45, 7) is 0.0413. The summed E-state index contributed by atoms with van der Waals surface area (Å²) in [5.74, 6) is 5.96. The summed E-state index contributed by atoms with van der Waals surface area (Å²) in [6.07, 6.45) is 2.22. The number of aromatic nitrogens is 2. The van der Waals surface area contributed by atoms with Crippen LogP contribution in [0.5, 0.6) is 5.75 Å². The summed E-state index contributed by atoms with van der Waals surface area (Å²) in [5.41, 5.74) is 2.71. The van der Waals surface area contributed by atoms with Crippen molar-refractivity contribution < 1.29 is 32.6 Å². The number of amidine groups is 1. The van der Waals surface area contributed by atoms with Gasteiger partial charge in [0, 0.05) is 36.3 Å². The Morgan fingerprint density at radius 3 is 2.62 bits per heavy atom. The highest BCUT2D eigenvalue weighted by Gasteiger charge is 2.31. The van der Waals surface area contributed by atoms with Gasteiger partial charge in [-0.2, -0.15) is 5.10 Å². The molecule has 1 saturated carbocycles. The second-order valence-electron chi connectivity index (χ2n) is 9.55. The molecule has 2 N–H and O–H groups in total. The van der Waals surface area contributed by atoms with E-state index < -0.39 is 30.0 Å². The standard InChI is InChI=1S/C27H27F2N7O5S/c1-40-20-13-30-19(24(28)29)10-17(20)16-11-21(36-9-8-35(14-23(36)37)27(39)41-2)31-12-18(16)25(38)32-26-34-33-22(42-26)7-6-15-4-3-5-15/h10-13,15,22,24,33H,3-5,8-9,14H2,1-2H3,(H,32,34,38). The van der Waals surface area contributed by atoms with Crippen LogP contribution in [0.1, 0.15) is 41.7 Å². The smallest absolute Gasteiger partial charge is 0.410 e. The molecule has 3 aliphatic rings. The van der Waals surface area contributed by atoms with Gasteiger partial charge in [-0.15, -0.1) is 0 Å². The molecule has 2 fully saturated rings. The van der Waals surface area contributed by atoms with Gasteiger partial charge >= 0.3 is 6.09 Å². The van der Waals surface area contributed by atoms with Crippen molar-refractivity contribution in [3.8, 4) is 28.7 Å². The summed E-state index contributed by atoms with van der Waals surface area (Å²) in [6, 6.07) is 2.58. The van der Waals surface area contributed by atoms with Crippen LogP contribution in [-0.4, -0.2) is 77.2 Å². The van der Waals surface area contributed by atoms with E-state index in [1.54, 1.807) is 0 Å². The highest BCUT2D eigenvalue weighted by Crippen LogP contribution is 2.36. The second-order valence-corrected chi connectivity index (χ2v) is 10.6. The maximum Gasteiger partial charge on any atom is 0.410 e. The predicted octanol–water partition coefficient (Wildman–Crippen LogP) is 2.97. The maximum absolute atomic E-state index is 13.6. The average Bonchev–Trinajstić information content (AvgIpc) is 3.42. The van der Waals surface area contributed by atoms with E-state index in [2.05, 4.69) is 37.7 Å². The number of thioether (sulfide) groups is 1. The molecule has 2 aromatic rings. The number of alkyl halides is 2. The topological polar surface area (TPSA) is 138 Å². The molecule has 4 heterocycles. The number of pyridine rings is 2. The van der Waals surface area contributed by atoms with E-state index in [0.29, 0.717) is 5.92 Å². The van der Waals surface area contributed by atoms with Crippen molar-refractivity contribution in [2.75, 3.05) is 38.8 Å². The van der Waals surface area contributed by atoms with Crippen LogP contribution in [0.15, 0.2) is 29.6 Å². The van der Waals surface area contributed by atoms with E-state index in [-0.39, 0.29) is 58.4 Å². The molecule has 2 aliphatic heterocycles. The molecule has 15 heteroatoms. The number of halogens is 2. The highest BCUT2D eigenvalue weighted by molar-refractivity contribution is 8.14. The van der Waals surface area contributed by atoms with Crippen LogP contribution in [0.3, 0.4) is 0 Å². The molecule has 42 heavy (non-hydrogen) atoms. The highest BCUT2D eigenvalue weighted by atomic mass is 32.2. The zero-order valence-corrected chi connectivity index (χ0v) is 23.5. The van der Waals surface area contributed by atoms with Crippen LogP contribution >= 0.6 is 11.8 Å². The van der Waals surface area contributed by atoms with Crippen molar-refractivity contribution in [2.45, 2.75) is 31.1 Å². The van der Waals surface area contributed by atoms with Crippen LogP contribution < -0.4 is 20.4 Å². The number of carbonyl (C=O) groups is 3. The van der Waals surface area contributed by atoms with Gasteiger partial charge in [0.05, 0.1) is 26.0 Å². The van der Waals surface area contributed by atoms with Crippen molar-refractivity contribution in [1.82, 2.24) is 25.6 Å². The summed E-state index contributed by atoms with van der Waals surface area (Å²) < 4.78 is 37.3. The van der Waals surface area contributed by atoms with Gasteiger partial charge in [0.2, 0.25) is 5.91 Å². The molecule has 12 nitrogen and oxygen atoms in total. The molecule has 5 rings (SSSR count). The fourth-order valence-corrected chi connectivity index (χ4v) is 5.17. The minimum atomic E-state index is -2.88. The Morgan fingerprint density at radius 2 is 1.95 bits per heavy atom. The van der Waals surface area contributed by atoms with E-state index >= 15 is 0 Å². The number of methoxy groups -OCH3 is 2. The van der Waals surface area contributed by atoms with Crippen molar-refractivity contribution >= 4 is 40.7 Å². The van der Waals surface area contributed by atoms with Crippen LogP contribution in [-0.2, 0) is 9.53 Å². The average molecular weight is 600 g/mol. The van der Waals surface area contributed by atoms with Crippen LogP contribution in [0.4, 0.5) is 19.4 Å². The molecule has 3 amide bonds. The molecule has 0 aromatic carbocycles. The largest absolute Gasteiger partial charge is 0.494 e. The molecule has 1 aliphatic carbocycles. The lowest BCUT2D eigenvalue weighted by Crippen LogP contribution is -2.52. The van der Waals surface area contributed by atoms with Crippen molar-refractivity contribution in [3.63, 3.8) is 0 Å². The summed E-state index contributed by atoms with van der Waals surface area (Å²) in [4.78, 5) is 49.0. The third-order valence-corrected chi connectivity index (χ3v) is 7.82. The number of nitrogens with zero attached hydrogens (tertiary/aromatic N) is 5. The molecular formula is C27H27F2N7O5S. The van der Waals surface area contributed by atoms with Gasteiger partial charge in [-0.1, -0.05) is 18.3 Å². The Kier molecular flexibility index (Phi) is 8.72. The minimum Gasteiger partial charge on any atom is -0.494 e. The number of rotatable bonds is 5. The van der Waals surface area contributed by atoms with E-state index in [1.165, 1.54) is 54.5 Å². The first kappa shape index (κ1) is 29.1. The van der Waals surface area contributed by atoms with Crippen molar-refractivity contribution in [3.05, 3.63) is 35.8 Å². The Balaban J connectivity index is 1.45. The number of hydrazone groups is 1. The van der Waals surface area contributed by atoms with E-state index in [9.17, 15) is 23.2 Å². The van der Waals surface area contributed by atoms with E-state index in [0.717, 1.165) is 25.1 Å². The zero-order chi connectivity index (χ0) is 29.8. The number of amides is 3. The normalized spacial score (nSPS) is 18.5. The lowest BCUT2D eigenvalue weighted by atomic mass is 9.86. The molecular weight excluding hydrogens is 572 g/mol. The van der Waals surface area contributed by atoms with Gasteiger partial charge in [-0.25, -0.2) is 18.6 Å². The molecule has 2 aromatic heterocycles. The lowest BCUT2D eigenvalue weighted by molar-refractivity contribution is -0.120. The Labute approximate surface area is 244 Å². The Bertz CT molecular complexity index is 1490. The fourth-order valence-electron chi connectivity index (χ4n) is 4.46. The molecule has 1 atom stereocenters. The third-order valence-electron chi connectivity index (χ3n) is 6.94. The predicted molar refractivity (Wildman–Crippen MR) is 150 cm³/mol. The summed E-state index contributed by atoms with van der Waals surface area (Å²) >= 11 is 1.24. The van der Waals surface area contributed by atoms with Gasteiger partial charge in [0.1, 0.15) is 23.8 Å². The van der Waals surface area contributed by atoms with E-state index in [4.69, 9.17) is 9.47 Å². The first-order valence-corrected chi connectivity index (χ1v) is 13.9. The Morgan fingerprint density at radius 1 is 1.14 bits per heavy atom. The van der Waals surface area contributed by atoms with Crippen molar-refractivity contribution in [1.29, 1.82) is 0 Å². The van der Waals surface area contributed by atoms with Gasteiger partial charge < -0.3 is 9.47 Å². The van der Waals surface area contributed by atoms with Gasteiger partial charge in [0.25, 0.3) is 12.3 Å². The van der Waals surface area contributed by atoms with Crippen LogP contribution in [0.2, 0.25) is 0 Å². The molecule has 0 bridgehead atoms. The van der Waals surface area contributed by atoms with Crippen LogP contribution in [0, 0.1) is 17.8 Å². The SMILES string of the molecule is COC(=O)N1CCN(c2cc(-c3cc(C(F)F)ncc3OC)c(C(=O)NC3=NNC(C#CC4CCC4)S3)cn2)C(=O)C1. The molecule has 1 saturated heterocycles. The zero-order valence-electron chi connectivity index (χ0n) is 22.7. The molecule has 1 unspecified atom stereocenters. The molecule has 0 spiro atoms. The van der Waals surface area contributed by atoms with E-state index in [1.807, 2.05) is 0 Å². The Hall–Kier alpha value is -4.45. The second kappa shape index (κ2) is 12.6. The number of piperazine rings is 1. The van der Waals surface area contributed by atoms with Crippen LogP contribution in [0.25, 0.3) is 11.1 Å². The van der Waals surface area contributed by atoms with Gasteiger partial charge in [-0.3, -0.25) is 35.1 Å². The number of carbonyl (C=O) groups excluding carboxylic acids is 3. The number of hydrogen-bond donors (Lipinski definition) is 2. The number of anilines is 1. The first-order valence-electron chi connectivity index (χ1n) is 13.1.